The number of aryl methyl sites for hydroxylation is 1. The summed E-state index contributed by atoms with van der Waals surface area (Å²) in [6, 6.07) is 20.3. The number of hydrogen-bond donors (Lipinski definition) is 0. The lowest BCUT2D eigenvalue weighted by Gasteiger charge is -2.34. The molecule has 3 heteroatoms. The van der Waals surface area contributed by atoms with Crippen LogP contribution in [-0.2, 0) is 12.8 Å². The lowest BCUT2D eigenvalue weighted by atomic mass is 9.78. The highest BCUT2D eigenvalue weighted by molar-refractivity contribution is 7.99. The Kier molecular flexibility index (Phi) is 4.92. The number of fused-ring (bicyclic) bond motifs is 5. The summed E-state index contributed by atoms with van der Waals surface area (Å²) in [5.74, 6) is 2.58. The number of methoxy groups -OCH3 is 1. The van der Waals surface area contributed by atoms with Gasteiger partial charge < -0.3 is 4.74 Å². The van der Waals surface area contributed by atoms with Crippen molar-refractivity contribution in [3.8, 4) is 5.75 Å². The highest BCUT2D eigenvalue weighted by atomic mass is 32.2. The first kappa shape index (κ1) is 19.6. The maximum atomic E-state index is 5.65. The molecule has 0 spiro atoms. The van der Waals surface area contributed by atoms with Crippen LogP contribution in [0.25, 0.3) is 11.1 Å². The van der Waals surface area contributed by atoms with Gasteiger partial charge in [0, 0.05) is 26.0 Å². The van der Waals surface area contributed by atoms with Crippen molar-refractivity contribution in [3.63, 3.8) is 0 Å². The molecule has 2 heterocycles. The summed E-state index contributed by atoms with van der Waals surface area (Å²) >= 11 is 3.93. The van der Waals surface area contributed by atoms with Crippen LogP contribution in [0.15, 0.2) is 69.3 Å². The van der Waals surface area contributed by atoms with E-state index in [9.17, 15) is 0 Å². The molecule has 2 aliphatic heterocycles. The summed E-state index contributed by atoms with van der Waals surface area (Å²) in [6.45, 7) is 2.42. The zero-order valence-corrected chi connectivity index (χ0v) is 19.7. The van der Waals surface area contributed by atoms with Crippen molar-refractivity contribution in [2.24, 2.45) is 5.92 Å². The van der Waals surface area contributed by atoms with E-state index in [1.807, 2.05) is 23.5 Å². The molecule has 156 valence electrons. The maximum absolute atomic E-state index is 5.65. The number of allylic oxidation sites excluding steroid dienone is 1. The van der Waals surface area contributed by atoms with Crippen molar-refractivity contribution >= 4 is 34.7 Å². The summed E-state index contributed by atoms with van der Waals surface area (Å²) in [4.78, 5) is 4.17. The summed E-state index contributed by atoms with van der Waals surface area (Å²) < 4.78 is 5.65. The average molecular weight is 443 g/mol. The average Bonchev–Trinajstić information content (AvgIpc) is 2.82. The van der Waals surface area contributed by atoms with Gasteiger partial charge in [0.15, 0.2) is 0 Å². The third-order valence-corrected chi connectivity index (χ3v) is 9.32. The van der Waals surface area contributed by atoms with Crippen LogP contribution in [0.1, 0.15) is 47.6 Å². The third-order valence-electron chi connectivity index (χ3n) is 6.85. The summed E-state index contributed by atoms with van der Waals surface area (Å²) in [5, 5.41) is 0. The predicted molar refractivity (Wildman–Crippen MR) is 132 cm³/mol. The first-order valence-electron chi connectivity index (χ1n) is 11.2. The van der Waals surface area contributed by atoms with Crippen molar-refractivity contribution in [2.75, 3.05) is 12.9 Å². The fraction of sp³-hybridized carbons (Fsp3) is 0.286. The molecule has 31 heavy (non-hydrogen) atoms. The first-order chi connectivity index (χ1) is 15.2. The fourth-order valence-corrected chi connectivity index (χ4v) is 7.58. The Bertz CT molecular complexity index is 1220. The first-order valence-corrected chi connectivity index (χ1v) is 13.0. The molecule has 3 aromatic rings. The highest BCUT2D eigenvalue weighted by Crippen LogP contribution is 2.54. The van der Waals surface area contributed by atoms with Gasteiger partial charge in [-0.25, -0.2) is 0 Å². The lowest BCUT2D eigenvalue weighted by molar-refractivity contribution is 0.414. The zero-order chi connectivity index (χ0) is 20.9. The second-order valence-corrected chi connectivity index (χ2v) is 10.9. The van der Waals surface area contributed by atoms with Gasteiger partial charge in [-0.1, -0.05) is 43.0 Å². The molecule has 0 fully saturated rings. The Labute approximate surface area is 193 Å². The SMILES string of the molecule is COc1ccc2c(c1)/C(=C1\c3c(ccc4c3CCCC4)SC[C@@H]1C)c1ccccc1S2. The number of thioether (sulfide) groups is 1. The van der Waals surface area contributed by atoms with Crippen molar-refractivity contribution < 1.29 is 4.74 Å². The van der Waals surface area contributed by atoms with Crippen LogP contribution in [0, 0.1) is 5.92 Å². The van der Waals surface area contributed by atoms with E-state index in [-0.39, 0.29) is 0 Å². The maximum Gasteiger partial charge on any atom is 0.119 e. The Morgan fingerprint density at radius 3 is 2.58 bits per heavy atom. The second-order valence-electron chi connectivity index (χ2n) is 8.74. The molecule has 0 unspecified atom stereocenters. The minimum Gasteiger partial charge on any atom is -0.497 e. The van der Waals surface area contributed by atoms with E-state index in [2.05, 4.69) is 61.5 Å². The summed E-state index contributed by atoms with van der Waals surface area (Å²) in [7, 11) is 1.77. The van der Waals surface area contributed by atoms with Gasteiger partial charge in [-0.05, 0) is 95.3 Å². The molecule has 1 aliphatic carbocycles. The molecule has 3 aromatic carbocycles. The molecule has 6 rings (SSSR count). The zero-order valence-electron chi connectivity index (χ0n) is 18.0. The van der Waals surface area contributed by atoms with Crippen LogP contribution in [0.3, 0.4) is 0 Å². The molecular formula is C28H26OS2. The number of rotatable bonds is 1. The van der Waals surface area contributed by atoms with Crippen molar-refractivity contribution in [3.05, 3.63) is 82.4 Å². The highest BCUT2D eigenvalue weighted by Gasteiger charge is 2.32. The number of benzene rings is 3. The predicted octanol–water partition coefficient (Wildman–Crippen LogP) is 7.74. The normalized spacial score (nSPS) is 21.5. The molecule has 0 aromatic heterocycles. The molecule has 0 saturated carbocycles. The molecule has 0 N–H and O–H groups in total. The fourth-order valence-electron chi connectivity index (χ4n) is 5.37. The van der Waals surface area contributed by atoms with Crippen LogP contribution in [0.5, 0.6) is 5.75 Å². The van der Waals surface area contributed by atoms with Gasteiger partial charge in [0.1, 0.15) is 5.75 Å². The monoisotopic (exact) mass is 442 g/mol. The Hall–Kier alpha value is -2.10. The van der Waals surface area contributed by atoms with E-state index in [4.69, 9.17) is 4.74 Å². The Balaban J connectivity index is 1.72. The van der Waals surface area contributed by atoms with E-state index in [1.165, 1.54) is 57.1 Å². The summed E-state index contributed by atoms with van der Waals surface area (Å²) in [6.07, 6.45) is 5.06. The van der Waals surface area contributed by atoms with Gasteiger partial charge in [0.2, 0.25) is 0 Å². The quantitative estimate of drug-likeness (QED) is 0.298. The van der Waals surface area contributed by atoms with E-state index in [0.29, 0.717) is 5.92 Å². The number of ether oxygens (including phenoxy) is 1. The molecule has 0 bridgehead atoms. The van der Waals surface area contributed by atoms with E-state index in [0.717, 1.165) is 11.5 Å². The molecule has 3 aliphatic rings. The summed E-state index contributed by atoms with van der Waals surface area (Å²) in [5.41, 5.74) is 10.4. The van der Waals surface area contributed by atoms with Crippen LogP contribution >= 0.6 is 23.5 Å². The van der Waals surface area contributed by atoms with Crippen LogP contribution in [0.4, 0.5) is 0 Å². The van der Waals surface area contributed by atoms with Crippen LogP contribution < -0.4 is 4.74 Å². The van der Waals surface area contributed by atoms with Crippen LogP contribution in [0.2, 0.25) is 0 Å². The number of hydrogen-bond acceptors (Lipinski definition) is 3. The van der Waals surface area contributed by atoms with Gasteiger partial charge in [-0.3, -0.25) is 0 Å². The van der Waals surface area contributed by atoms with Gasteiger partial charge in [0.05, 0.1) is 7.11 Å². The van der Waals surface area contributed by atoms with Gasteiger partial charge in [-0.15, -0.1) is 11.8 Å². The minimum absolute atomic E-state index is 0.510. The largest absolute Gasteiger partial charge is 0.497 e. The van der Waals surface area contributed by atoms with Crippen molar-refractivity contribution in [2.45, 2.75) is 47.3 Å². The molecule has 0 amide bonds. The molecule has 1 nitrogen and oxygen atoms in total. The molecule has 0 saturated heterocycles. The van der Waals surface area contributed by atoms with E-state index >= 15 is 0 Å². The standard InChI is InChI=1S/C28H26OS2/c1-17-16-30-25-13-11-18-7-3-4-8-20(18)28(25)26(17)27-21-9-5-6-10-23(21)31-24-14-12-19(29-2)15-22(24)27/h5-6,9-15,17H,3-4,7-8,16H2,1-2H3/b27-26-/t17-/m0/s1. The Morgan fingerprint density at radius 2 is 1.68 bits per heavy atom. The van der Waals surface area contributed by atoms with Crippen molar-refractivity contribution in [1.29, 1.82) is 0 Å². The van der Waals surface area contributed by atoms with Crippen molar-refractivity contribution in [1.82, 2.24) is 0 Å². The van der Waals surface area contributed by atoms with Gasteiger partial charge in [-0.2, -0.15) is 0 Å². The lowest BCUT2D eigenvalue weighted by Crippen LogP contribution is -2.17. The molecular weight excluding hydrogens is 416 g/mol. The second kappa shape index (κ2) is 7.79. The molecule has 1 atom stereocenters. The topological polar surface area (TPSA) is 9.23 Å². The van der Waals surface area contributed by atoms with E-state index < -0.39 is 0 Å². The molecule has 0 radical (unpaired) electrons. The van der Waals surface area contributed by atoms with Crippen LogP contribution in [-0.4, -0.2) is 12.9 Å². The minimum atomic E-state index is 0.510. The Morgan fingerprint density at radius 1 is 0.871 bits per heavy atom. The third kappa shape index (κ3) is 3.16. The van der Waals surface area contributed by atoms with Gasteiger partial charge in [0.25, 0.3) is 0 Å². The smallest absolute Gasteiger partial charge is 0.119 e. The van der Waals surface area contributed by atoms with E-state index in [1.54, 1.807) is 29.4 Å². The van der Waals surface area contributed by atoms with Gasteiger partial charge >= 0.3 is 0 Å².